The molecule has 0 saturated carbocycles. The monoisotopic (exact) mass is 570 g/mol. The topological polar surface area (TPSA) is 84.9 Å². The molecule has 0 spiro atoms. The minimum absolute atomic E-state index is 0.0264. The molecule has 0 fully saturated rings. The summed E-state index contributed by atoms with van der Waals surface area (Å²) in [6, 6.07) is 15.1. The zero-order valence-corrected chi connectivity index (χ0v) is 25.0. The van der Waals surface area contributed by atoms with E-state index in [4.69, 9.17) is 8.92 Å². The molecule has 0 aliphatic rings. The van der Waals surface area contributed by atoms with E-state index in [1.54, 1.807) is 23.1 Å². The Bertz CT molecular complexity index is 1390. The van der Waals surface area contributed by atoms with Crippen LogP contribution in [-0.2, 0) is 16.7 Å². The van der Waals surface area contributed by atoms with Crippen LogP contribution in [0, 0.1) is 11.7 Å². The van der Waals surface area contributed by atoms with Crippen LogP contribution in [-0.4, -0.2) is 33.0 Å². The van der Waals surface area contributed by atoms with Gasteiger partial charge >= 0.3 is 16.1 Å². The average molecular weight is 571 g/mol. The summed E-state index contributed by atoms with van der Waals surface area (Å²) in [6.45, 7) is 13.1. The van der Waals surface area contributed by atoms with E-state index in [9.17, 15) is 17.6 Å². The lowest BCUT2D eigenvalue weighted by atomic mass is 9.93. The first-order valence-electron chi connectivity index (χ1n) is 13.4. The van der Waals surface area contributed by atoms with Crippen molar-refractivity contribution in [2.75, 3.05) is 19.0 Å². The van der Waals surface area contributed by atoms with Crippen LogP contribution in [0.3, 0.4) is 0 Å². The van der Waals surface area contributed by atoms with Gasteiger partial charge in [0.25, 0.3) is 0 Å². The van der Waals surface area contributed by atoms with E-state index in [0.717, 1.165) is 41.1 Å². The lowest BCUT2D eigenvalue weighted by Gasteiger charge is -2.28. The number of nitrogens with one attached hydrogen (secondary N) is 1. The third-order valence-corrected chi connectivity index (χ3v) is 7.63. The smallest absolute Gasteiger partial charge is 0.339 e. The molecule has 0 aliphatic heterocycles. The van der Waals surface area contributed by atoms with Crippen molar-refractivity contribution >= 4 is 21.8 Å². The molecular weight excluding hydrogens is 531 g/mol. The highest BCUT2D eigenvalue weighted by molar-refractivity contribution is 7.87. The normalized spacial score (nSPS) is 11.7. The van der Waals surface area contributed by atoms with E-state index in [0.29, 0.717) is 12.1 Å². The molecule has 3 aromatic carbocycles. The number of urea groups is 1. The van der Waals surface area contributed by atoms with Crippen molar-refractivity contribution in [3.63, 3.8) is 0 Å². The number of halogens is 1. The summed E-state index contributed by atoms with van der Waals surface area (Å²) in [4.78, 5) is 15.2. The fourth-order valence-corrected chi connectivity index (χ4v) is 5.35. The van der Waals surface area contributed by atoms with Crippen molar-refractivity contribution in [1.29, 1.82) is 0 Å². The molecule has 3 rings (SSSR count). The van der Waals surface area contributed by atoms with Gasteiger partial charge in [0.15, 0.2) is 11.5 Å². The first-order chi connectivity index (χ1) is 18.8. The van der Waals surface area contributed by atoms with Crippen molar-refractivity contribution in [2.24, 2.45) is 5.92 Å². The Kier molecular flexibility index (Phi) is 10.2. The van der Waals surface area contributed by atoms with E-state index >= 15 is 0 Å². The number of carbonyl (C=O) groups is 1. The van der Waals surface area contributed by atoms with Gasteiger partial charge in [-0.2, -0.15) is 8.42 Å². The molecule has 3 aromatic rings. The third-order valence-electron chi connectivity index (χ3n) is 6.38. The van der Waals surface area contributed by atoms with Gasteiger partial charge in [-0.1, -0.05) is 65.8 Å². The average Bonchev–Trinajstić information content (AvgIpc) is 2.88. The van der Waals surface area contributed by atoms with Gasteiger partial charge in [0.2, 0.25) is 0 Å². The number of ether oxygens (including phenoxy) is 1. The van der Waals surface area contributed by atoms with Crippen LogP contribution >= 0.6 is 0 Å². The molecule has 9 heteroatoms. The molecule has 40 heavy (non-hydrogen) atoms. The molecule has 0 aliphatic carbocycles. The van der Waals surface area contributed by atoms with E-state index < -0.39 is 15.9 Å². The molecule has 0 heterocycles. The largest absolute Gasteiger partial charge is 0.493 e. The Hall–Kier alpha value is -3.59. The number of rotatable bonds is 11. The van der Waals surface area contributed by atoms with Crippen molar-refractivity contribution in [2.45, 2.75) is 64.8 Å². The summed E-state index contributed by atoms with van der Waals surface area (Å²) in [5.41, 5.74) is 3.61. The van der Waals surface area contributed by atoms with Crippen LogP contribution in [0.5, 0.6) is 11.5 Å². The standard InChI is InChI=1S/C31H39FN2O5S/c1-20(2)18-34(31(35)33-30-26(21(3)4)9-8-10-27(30)22(5)6)19-23-11-16-28(38-7)29(17-23)39-40(36,37)25-14-12-24(32)13-15-25/h8-17,20-22H,18-19H2,1-7H3,(H,33,35). The zero-order valence-electron chi connectivity index (χ0n) is 24.2. The number of carbonyl (C=O) groups excluding carboxylic acids is 1. The molecule has 0 atom stereocenters. The first-order valence-corrected chi connectivity index (χ1v) is 14.8. The number of hydrogen-bond acceptors (Lipinski definition) is 5. The second-order valence-corrected chi connectivity index (χ2v) is 12.3. The van der Waals surface area contributed by atoms with Crippen molar-refractivity contribution < 1.29 is 26.5 Å². The Morgan fingerprint density at radius 1 is 0.900 bits per heavy atom. The fraction of sp³-hybridized carbons (Fsp3) is 0.387. The third kappa shape index (κ3) is 7.75. The lowest BCUT2D eigenvalue weighted by molar-refractivity contribution is 0.201. The van der Waals surface area contributed by atoms with Gasteiger partial charge in [-0.3, -0.25) is 0 Å². The molecule has 0 saturated heterocycles. The number of anilines is 1. The van der Waals surface area contributed by atoms with E-state index in [2.05, 4.69) is 33.0 Å². The van der Waals surface area contributed by atoms with Crippen LogP contribution < -0.4 is 14.2 Å². The minimum Gasteiger partial charge on any atom is -0.493 e. The summed E-state index contributed by atoms with van der Waals surface area (Å²) in [7, 11) is -2.84. The highest BCUT2D eigenvalue weighted by Gasteiger charge is 2.23. The summed E-state index contributed by atoms with van der Waals surface area (Å²) in [6.07, 6.45) is 0. The lowest BCUT2D eigenvalue weighted by Crippen LogP contribution is -2.37. The number of amides is 2. The Labute approximate surface area is 237 Å². The quantitative estimate of drug-likeness (QED) is 0.241. The number of hydrogen-bond donors (Lipinski definition) is 1. The Morgan fingerprint density at radius 2 is 1.50 bits per heavy atom. The molecule has 0 radical (unpaired) electrons. The van der Waals surface area contributed by atoms with Crippen LogP contribution in [0.2, 0.25) is 0 Å². The Balaban J connectivity index is 1.92. The van der Waals surface area contributed by atoms with Crippen LogP contribution in [0.1, 0.15) is 70.1 Å². The predicted octanol–water partition coefficient (Wildman–Crippen LogP) is 7.54. The van der Waals surface area contributed by atoms with Crippen LogP contribution in [0.4, 0.5) is 14.9 Å². The van der Waals surface area contributed by atoms with Gasteiger partial charge in [-0.15, -0.1) is 0 Å². The summed E-state index contributed by atoms with van der Waals surface area (Å²) in [5, 5.41) is 3.17. The first kappa shape index (κ1) is 30.9. The Morgan fingerprint density at radius 3 is 2.02 bits per heavy atom. The van der Waals surface area contributed by atoms with E-state index in [1.165, 1.54) is 7.11 Å². The van der Waals surface area contributed by atoms with Crippen molar-refractivity contribution in [1.82, 2.24) is 4.90 Å². The molecule has 0 bridgehead atoms. The van der Waals surface area contributed by atoms with E-state index in [-0.39, 0.29) is 46.7 Å². The molecule has 1 N–H and O–H groups in total. The second kappa shape index (κ2) is 13.2. The predicted molar refractivity (Wildman–Crippen MR) is 156 cm³/mol. The highest BCUT2D eigenvalue weighted by atomic mass is 32.2. The van der Waals surface area contributed by atoms with E-state index in [1.807, 2.05) is 32.0 Å². The highest BCUT2D eigenvalue weighted by Crippen LogP contribution is 2.34. The molecule has 2 amide bonds. The molecule has 0 unspecified atom stereocenters. The fourth-order valence-electron chi connectivity index (χ4n) is 4.41. The number of nitrogens with zero attached hydrogens (tertiary/aromatic N) is 1. The molecule has 0 aromatic heterocycles. The van der Waals surface area contributed by atoms with Gasteiger partial charge in [-0.05, 0) is 70.8 Å². The molecule has 216 valence electrons. The maximum absolute atomic E-state index is 13.7. The summed E-state index contributed by atoms with van der Waals surface area (Å²) >= 11 is 0. The van der Waals surface area contributed by atoms with Gasteiger partial charge in [0.1, 0.15) is 10.7 Å². The SMILES string of the molecule is COc1ccc(CN(CC(C)C)C(=O)Nc2c(C(C)C)cccc2C(C)C)cc1OS(=O)(=O)c1ccc(F)cc1. The van der Waals surface area contributed by atoms with Crippen LogP contribution in [0.25, 0.3) is 0 Å². The zero-order chi connectivity index (χ0) is 29.6. The maximum Gasteiger partial charge on any atom is 0.339 e. The molecule has 7 nitrogen and oxygen atoms in total. The second-order valence-electron chi connectivity index (χ2n) is 10.8. The number of benzene rings is 3. The van der Waals surface area contributed by atoms with Gasteiger partial charge < -0.3 is 19.1 Å². The maximum atomic E-state index is 13.7. The number of methoxy groups -OCH3 is 1. The summed E-state index contributed by atoms with van der Waals surface area (Å²) < 4.78 is 49.8. The van der Waals surface area contributed by atoms with Crippen molar-refractivity contribution in [3.05, 3.63) is 83.2 Å². The minimum atomic E-state index is -4.25. The van der Waals surface area contributed by atoms with Gasteiger partial charge in [-0.25, -0.2) is 9.18 Å². The number of para-hydroxylation sites is 1. The van der Waals surface area contributed by atoms with Crippen LogP contribution in [0.15, 0.2) is 65.6 Å². The van der Waals surface area contributed by atoms with Crippen molar-refractivity contribution in [3.8, 4) is 11.5 Å². The molecular formula is C31H39FN2O5S. The van der Waals surface area contributed by atoms with Gasteiger partial charge in [0.05, 0.1) is 7.11 Å². The summed E-state index contributed by atoms with van der Waals surface area (Å²) in [5.74, 6) is 0.249. The van der Waals surface area contributed by atoms with Gasteiger partial charge in [0, 0.05) is 18.8 Å².